The zero-order valence-corrected chi connectivity index (χ0v) is 9.50. The number of nitrogens with one attached hydrogen (secondary N) is 1. The Morgan fingerprint density at radius 2 is 2.18 bits per heavy atom. The van der Waals surface area contributed by atoms with Crippen molar-refractivity contribution in [1.82, 2.24) is 25.1 Å². The molecule has 2 aromatic heterocycles. The Bertz CT molecular complexity index is 468. The van der Waals surface area contributed by atoms with Gasteiger partial charge in [-0.2, -0.15) is 5.10 Å². The van der Waals surface area contributed by atoms with E-state index in [0.717, 1.165) is 5.56 Å². The van der Waals surface area contributed by atoms with Crippen LogP contribution in [0.2, 0.25) is 0 Å². The normalized spacial score (nSPS) is 10.2. The third kappa shape index (κ3) is 2.66. The first-order chi connectivity index (χ1) is 8.31. The number of pyridine rings is 1. The van der Waals surface area contributed by atoms with Crippen LogP contribution in [0.25, 0.3) is 0 Å². The molecule has 88 valence electrons. The second kappa shape index (κ2) is 5.20. The van der Waals surface area contributed by atoms with E-state index in [0.29, 0.717) is 13.1 Å². The van der Waals surface area contributed by atoms with Crippen molar-refractivity contribution in [2.45, 2.75) is 13.5 Å². The number of carbonyl (C=O) groups excluding carboxylic acids is 1. The third-order valence-corrected chi connectivity index (χ3v) is 2.41. The Labute approximate surface area is 98.7 Å². The van der Waals surface area contributed by atoms with Gasteiger partial charge in [-0.3, -0.25) is 14.9 Å². The van der Waals surface area contributed by atoms with E-state index in [1.54, 1.807) is 17.3 Å². The molecule has 2 aromatic rings. The fourth-order valence-electron chi connectivity index (χ4n) is 1.49. The Kier molecular flexibility index (Phi) is 3.44. The minimum absolute atomic E-state index is 0.151. The van der Waals surface area contributed by atoms with Crippen LogP contribution in [0.1, 0.15) is 23.1 Å². The molecular weight excluding hydrogens is 218 g/mol. The maximum absolute atomic E-state index is 12.0. The molecule has 0 saturated heterocycles. The average Bonchev–Trinajstić information content (AvgIpc) is 2.90. The van der Waals surface area contributed by atoms with Crippen LogP contribution in [0.15, 0.2) is 30.9 Å². The summed E-state index contributed by atoms with van der Waals surface area (Å²) >= 11 is 0. The van der Waals surface area contributed by atoms with E-state index >= 15 is 0 Å². The Morgan fingerprint density at radius 1 is 1.41 bits per heavy atom. The van der Waals surface area contributed by atoms with Crippen LogP contribution in [0, 0.1) is 0 Å². The van der Waals surface area contributed by atoms with Crippen LogP contribution in [-0.2, 0) is 6.54 Å². The first kappa shape index (κ1) is 11.3. The van der Waals surface area contributed by atoms with Crippen molar-refractivity contribution in [3.8, 4) is 0 Å². The monoisotopic (exact) mass is 231 g/mol. The number of hydrogen-bond acceptors (Lipinski definition) is 4. The van der Waals surface area contributed by atoms with Gasteiger partial charge >= 0.3 is 0 Å². The number of amides is 1. The summed E-state index contributed by atoms with van der Waals surface area (Å²) in [5.41, 5.74) is 1.04. The topological polar surface area (TPSA) is 74.8 Å². The number of nitrogens with zero attached hydrogens (tertiary/aromatic N) is 4. The van der Waals surface area contributed by atoms with Gasteiger partial charge in [0.25, 0.3) is 5.91 Å². The predicted octanol–water partition coefficient (Wildman–Crippen LogP) is 0.862. The lowest BCUT2D eigenvalue weighted by atomic mass is 10.2. The van der Waals surface area contributed by atoms with Crippen LogP contribution >= 0.6 is 0 Å². The molecule has 0 fully saturated rings. The van der Waals surface area contributed by atoms with Gasteiger partial charge in [0.15, 0.2) is 0 Å². The third-order valence-electron chi connectivity index (χ3n) is 2.41. The van der Waals surface area contributed by atoms with E-state index in [9.17, 15) is 4.79 Å². The molecule has 0 aliphatic heterocycles. The lowest BCUT2D eigenvalue weighted by molar-refractivity contribution is 0.0740. The van der Waals surface area contributed by atoms with Gasteiger partial charge < -0.3 is 4.90 Å². The van der Waals surface area contributed by atoms with Gasteiger partial charge in [0.2, 0.25) is 5.82 Å². The summed E-state index contributed by atoms with van der Waals surface area (Å²) in [6.45, 7) is 3.08. The van der Waals surface area contributed by atoms with Gasteiger partial charge in [0, 0.05) is 25.5 Å². The smallest absolute Gasteiger partial charge is 0.291 e. The van der Waals surface area contributed by atoms with Gasteiger partial charge in [-0.1, -0.05) is 0 Å². The molecular formula is C11H13N5O. The van der Waals surface area contributed by atoms with Crippen molar-refractivity contribution in [3.63, 3.8) is 0 Å². The van der Waals surface area contributed by atoms with E-state index in [4.69, 9.17) is 0 Å². The van der Waals surface area contributed by atoms with Crippen molar-refractivity contribution in [1.29, 1.82) is 0 Å². The maximum atomic E-state index is 12.0. The molecule has 0 aliphatic rings. The minimum atomic E-state index is -0.151. The molecule has 2 heterocycles. The molecule has 0 spiro atoms. The Balaban J connectivity index is 2.10. The largest absolute Gasteiger partial charge is 0.332 e. The number of H-pyrrole nitrogens is 1. The predicted molar refractivity (Wildman–Crippen MR) is 61.0 cm³/mol. The molecule has 17 heavy (non-hydrogen) atoms. The standard InChI is InChI=1S/C11H13N5O/c1-2-16(7-9-3-5-12-6-4-9)11(17)10-13-8-14-15-10/h3-6,8H,2,7H2,1H3,(H,13,14,15). The second-order valence-corrected chi connectivity index (χ2v) is 3.51. The van der Waals surface area contributed by atoms with E-state index in [-0.39, 0.29) is 11.7 Å². The number of aromatic nitrogens is 4. The molecule has 2 rings (SSSR count). The van der Waals surface area contributed by atoms with Crippen molar-refractivity contribution >= 4 is 5.91 Å². The van der Waals surface area contributed by atoms with Crippen LogP contribution in [-0.4, -0.2) is 37.5 Å². The number of hydrogen-bond donors (Lipinski definition) is 1. The summed E-state index contributed by atoms with van der Waals surface area (Å²) in [6.07, 6.45) is 4.75. The lowest BCUT2D eigenvalue weighted by Gasteiger charge is -2.19. The van der Waals surface area contributed by atoms with Crippen LogP contribution < -0.4 is 0 Å². The van der Waals surface area contributed by atoms with E-state index in [2.05, 4.69) is 20.2 Å². The van der Waals surface area contributed by atoms with Crippen molar-refractivity contribution in [2.24, 2.45) is 0 Å². The highest BCUT2D eigenvalue weighted by Crippen LogP contribution is 2.05. The molecule has 0 bridgehead atoms. The van der Waals surface area contributed by atoms with E-state index in [1.165, 1.54) is 6.33 Å². The molecule has 0 saturated carbocycles. The molecule has 0 aliphatic carbocycles. The molecule has 0 atom stereocenters. The van der Waals surface area contributed by atoms with E-state index in [1.807, 2.05) is 19.1 Å². The summed E-state index contributed by atoms with van der Waals surface area (Å²) in [7, 11) is 0. The first-order valence-corrected chi connectivity index (χ1v) is 5.34. The highest BCUT2D eigenvalue weighted by Gasteiger charge is 2.16. The SMILES string of the molecule is CCN(Cc1ccncc1)C(=O)c1ncn[nH]1. The molecule has 6 nitrogen and oxygen atoms in total. The lowest BCUT2D eigenvalue weighted by Crippen LogP contribution is -2.31. The zero-order chi connectivity index (χ0) is 12.1. The van der Waals surface area contributed by atoms with Crippen molar-refractivity contribution < 1.29 is 4.79 Å². The Morgan fingerprint density at radius 3 is 2.76 bits per heavy atom. The van der Waals surface area contributed by atoms with Gasteiger partial charge in [-0.05, 0) is 24.6 Å². The fourth-order valence-corrected chi connectivity index (χ4v) is 1.49. The average molecular weight is 231 g/mol. The number of rotatable bonds is 4. The zero-order valence-electron chi connectivity index (χ0n) is 9.50. The summed E-state index contributed by atoms with van der Waals surface area (Å²) in [5, 5.41) is 6.25. The summed E-state index contributed by atoms with van der Waals surface area (Å²) < 4.78 is 0. The van der Waals surface area contributed by atoms with Crippen LogP contribution in [0.4, 0.5) is 0 Å². The summed E-state index contributed by atoms with van der Waals surface area (Å²) in [6, 6.07) is 3.77. The summed E-state index contributed by atoms with van der Waals surface area (Å²) in [4.78, 5) is 21.5. The van der Waals surface area contributed by atoms with Crippen LogP contribution in [0.3, 0.4) is 0 Å². The quantitative estimate of drug-likeness (QED) is 0.846. The molecule has 6 heteroatoms. The summed E-state index contributed by atoms with van der Waals surface area (Å²) in [5.74, 6) is 0.114. The van der Waals surface area contributed by atoms with Crippen LogP contribution in [0.5, 0.6) is 0 Å². The van der Waals surface area contributed by atoms with Gasteiger partial charge in [-0.25, -0.2) is 4.98 Å². The van der Waals surface area contributed by atoms with Gasteiger partial charge in [-0.15, -0.1) is 0 Å². The molecule has 0 aromatic carbocycles. The van der Waals surface area contributed by atoms with Gasteiger partial charge in [0.1, 0.15) is 6.33 Å². The second-order valence-electron chi connectivity index (χ2n) is 3.51. The maximum Gasteiger partial charge on any atom is 0.291 e. The van der Waals surface area contributed by atoms with Crippen molar-refractivity contribution in [3.05, 3.63) is 42.2 Å². The van der Waals surface area contributed by atoms with E-state index < -0.39 is 0 Å². The molecule has 1 N–H and O–H groups in total. The highest BCUT2D eigenvalue weighted by molar-refractivity contribution is 5.90. The van der Waals surface area contributed by atoms with Gasteiger partial charge in [0.05, 0.1) is 0 Å². The minimum Gasteiger partial charge on any atom is -0.332 e. The fraction of sp³-hybridized carbons (Fsp3) is 0.273. The first-order valence-electron chi connectivity index (χ1n) is 5.34. The molecule has 0 unspecified atom stereocenters. The number of aromatic amines is 1. The highest BCUT2D eigenvalue weighted by atomic mass is 16.2. The molecule has 0 radical (unpaired) electrons. The Hall–Kier alpha value is -2.24. The van der Waals surface area contributed by atoms with Crippen molar-refractivity contribution in [2.75, 3.05) is 6.54 Å². The molecule has 1 amide bonds. The number of carbonyl (C=O) groups is 1.